The average molecular weight is 252 g/mol. The van der Waals surface area contributed by atoms with Gasteiger partial charge in [0.05, 0.1) is 0 Å². The second kappa shape index (κ2) is 6.64. The topological polar surface area (TPSA) is 20.9 Å². The van der Waals surface area contributed by atoms with Crippen LogP contribution in [0.25, 0.3) is 12.2 Å². The number of benzene rings is 1. The van der Waals surface area contributed by atoms with Gasteiger partial charge in [0.15, 0.2) is 12.4 Å². The van der Waals surface area contributed by atoms with Gasteiger partial charge < -0.3 is 0 Å². The van der Waals surface area contributed by atoms with E-state index in [9.17, 15) is 4.79 Å². The van der Waals surface area contributed by atoms with E-state index in [2.05, 4.69) is 42.1 Å². The first-order valence-electron chi connectivity index (χ1n) is 6.54. The SMILES string of the molecule is CCC[n+]1ccc(C=Cc2ccc(C=O)cc2)cc1. The van der Waals surface area contributed by atoms with Crippen molar-refractivity contribution in [3.05, 3.63) is 65.5 Å². The van der Waals surface area contributed by atoms with Gasteiger partial charge in [-0.05, 0) is 11.1 Å². The predicted molar refractivity (Wildman–Crippen MR) is 77.7 cm³/mol. The van der Waals surface area contributed by atoms with Crippen LogP contribution in [0.15, 0.2) is 48.8 Å². The highest BCUT2D eigenvalue weighted by Crippen LogP contribution is 2.08. The summed E-state index contributed by atoms with van der Waals surface area (Å²) in [6, 6.07) is 11.7. The zero-order chi connectivity index (χ0) is 13.5. The van der Waals surface area contributed by atoms with Crippen LogP contribution >= 0.6 is 0 Å². The number of aromatic nitrogens is 1. The lowest BCUT2D eigenvalue weighted by atomic mass is 10.1. The quantitative estimate of drug-likeness (QED) is 0.590. The zero-order valence-corrected chi connectivity index (χ0v) is 11.1. The van der Waals surface area contributed by atoms with E-state index in [0.717, 1.165) is 24.8 Å². The lowest BCUT2D eigenvalue weighted by Gasteiger charge is -1.96. The number of hydrogen-bond donors (Lipinski definition) is 0. The summed E-state index contributed by atoms with van der Waals surface area (Å²) in [5.41, 5.74) is 2.97. The molecule has 1 aromatic carbocycles. The molecule has 1 aromatic heterocycles. The summed E-state index contributed by atoms with van der Waals surface area (Å²) in [5, 5.41) is 0. The third-order valence-corrected chi connectivity index (χ3v) is 2.94. The predicted octanol–water partition coefficient (Wildman–Crippen LogP) is 3.37. The number of carbonyl (C=O) groups excluding carboxylic acids is 1. The second-order valence-corrected chi connectivity index (χ2v) is 4.49. The Morgan fingerprint density at radius 1 is 0.895 bits per heavy atom. The van der Waals surface area contributed by atoms with E-state index in [-0.39, 0.29) is 0 Å². The Morgan fingerprint density at radius 3 is 1.95 bits per heavy atom. The molecule has 0 radical (unpaired) electrons. The standard InChI is InChI=1S/C17H18NO/c1-2-11-18-12-9-16(10-13-18)4-3-15-5-7-17(14-19)8-6-15/h3-10,12-14H,2,11H2,1H3/q+1. The van der Waals surface area contributed by atoms with Gasteiger partial charge in [-0.1, -0.05) is 43.3 Å². The molecule has 0 N–H and O–H groups in total. The van der Waals surface area contributed by atoms with E-state index in [4.69, 9.17) is 0 Å². The van der Waals surface area contributed by atoms with Crippen molar-refractivity contribution in [1.29, 1.82) is 0 Å². The third kappa shape index (κ3) is 3.88. The van der Waals surface area contributed by atoms with E-state index in [1.807, 2.05) is 30.3 Å². The highest BCUT2D eigenvalue weighted by atomic mass is 16.1. The Kier molecular flexibility index (Phi) is 4.62. The number of pyridine rings is 1. The fraction of sp³-hybridized carbons (Fsp3) is 0.176. The molecule has 0 spiro atoms. The van der Waals surface area contributed by atoms with E-state index in [1.54, 1.807) is 0 Å². The minimum absolute atomic E-state index is 0.706. The Bertz CT molecular complexity index is 553. The van der Waals surface area contributed by atoms with E-state index in [0.29, 0.717) is 5.56 Å². The summed E-state index contributed by atoms with van der Waals surface area (Å²) in [6.07, 6.45) is 10.3. The van der Waals surface area contributed by atoms with Crippen molar-refractivity contribution in [2.75, 3.05) is 0 Å². The Balaban J connectivity index is 2.06. The van der Waals surface area contributed by atoms with Gasteiger partial charge in [-0.3, -0.25) is 4.79 Å². The molecule has 2 rings (SSSR count). The molecule has 0 saturated carbocycles. The number of aryl methyl sites for hydroxylation is 1. The summed E-state index contributed by atoms with van der Waals surface area (Å²) in [5.74, 6) is 0. The van der Waals surface area contributed by atoms with Crippen molar-refractivity contribution in [3.8, 4) is 0 Å². The highest BCUT2D eigenvalue weighted by molar-refractivity contribution is 5.76. The number of carbonyl (C=O) groups is 1. The Hall–Kier alpha value is -2.22. The fourth-order valence-corrected chi connectivity index (χ4v) is 1.87. The summed E-state index contributed by atoms with van der Waals surface area (Å²) in [6.45, 7) is 3.22. The molecule has 0 aliphatic rings. The van der Waals surface area contributed by atoms with Crippen LogP contribution in [0, 0.1) is 0 Å². The molecule has 0 amide bonds. The first-order chi connectivity index (χ1) is 9.31. The fourth-order valence-electron chi connectivity index (χ4n) is 1.87. The average Bonchev–Trinajstić information content (AvgIpc) is 2.47. The van der Waals surface area contributed by atoms with Crippen molar-refractivity contribution < 1.29 is 9.36 Å². The van der Waals surface area contributed by atoms with Crippen LogP contribution in [0.3, 0.4) is 0 Å². The van der Waals surface area contributed by atoms with Crippen LogP contribution in [0.4, 0.5) is 0 Å². The lowest BCUT2D eigenvalue weighted by molar-refractivity contribution is -0.697. The van der Waals surface area contributed by atoms with Gasteiger partial charge in [-0.25, -0.2) is 4.57 Å². The molecule has 2 nitrogen and oxygen atoms in total. The maximum absolute atomic E-state index is 10.6. The van der Waals surface area contributed by atoms with Crippen molar-refractivity contribution in [2.24, 2.45) is 0 Å². The van der Waals surface area contributed by atoms with Crippen LogP contribution in [0.1, 0.15) is 34.8 Å². The van der Waals surface area contributed by atoms with Gasteiger partial charge in [-0.2, -0.15) is 0 Å². The molecule has 2 aromatic rings. The van der Waals surface area contributed by atoms with Crippen LogP contribution < -0.4 is 4.57 Å². The molecular formula is C17H18NO+. The van der Waals surface area contributed by atoms with Crippen LogP contribution in [0.5, 0.6) is 0 Å². The lowest BCUT2D eigenvalue weighted by Crippen LogP contribution is -2.31. The van der Waals surface area contributed by atoms with Crippen LogP contribution in [-0.2, 0) is 6.54 Å². The van der Waals surface area contributed by atoms with Gasteiger partial charge in [0.1, 0.15) is 12.8 Å². The molecule has 0 aliphatic heterocycles. The number of rotatable bonds is 5. The molecule has 0 unspecified atom stereocenters. The van der Waals surface area contributed by atoms with Crippen molar-refractivity contribution in [1.82, 2.24) is 0 Å². The molecule has 0 bridgehead atoms. The van der Waals surface area contributed by atoms with Gasteiger partial charge in [0.25, 0.3) is 0 Å². The molecular weight excluding hydrogens is 234 g/mol. The highest BCUT2D eigenvalue weighted by Gasteiger charge is 1.96. The van der Waals surface area contributed by atoms with Crippen molar-refractivity contribution >= 4 is 18.4 Å². The number of aldehydes is 1. The van der Waals surface area contributed by atoms with Gasteiger partial charge in [0.2, 0.25) is 0 Å². The third-order valence-electron chi connectivity index (χ3n) is 2.94. The Morgan fingerprint density at radius 2 is 1.42 bits per heavy atom. The van der Waals surface area contributed by atoms with Crippen LogP contribution in [-0.4, -0.2) is 6.29 Å². The maximum atomic E-state index is 10.6. The van der Waals surface area contributed by atoms with Crippen molar-refractivity contribution in [2.45, 2.75) is 19.9 Å². The minimum Gasteiger partial charge on any atom is -0.298 e. The maximum Gasteiger partial charge on any atom is 0.169 e. The summed E-state index contributed by atoms with van der Waals surface area (Å²) < 4.78 is 2.18. The molecule has 96 valence electrons. The first-order valence-corrected chi connectivity index (χ1v) is 6.54. The minimum atomic E-state index is 0.706. The van der Waals surface area contributed by atoms with Gasteiger partial charge in [0, 0.05) is 24.1 Å². The van der Waals surface area contributed by atoms with E-state index < -0.39 is 0 Å². The van der Waals surface area contributed by atoms with Gasteiger partial charge in [-0.15, -0.1) is 0 Å². The molecule has 2 heteroatoms. The normalized spacial score (nSPS) is 10.8. The van der Waals surface area contributed by atoms with Crippen LogP contribution in [0.2, 0.25) is 0 Å². The van der Waals surface area contributed by atoms with Crippen molar-refractivity contribution in [3.63, 3.8) is 0 Å². The molecule has 0 fully saturated rings. The number of hydrogen-bond acceptors (Lipinski definition) is 1. The summed E-state index contributed by atoms with van der Waals surface area (Å²) >= 11 is 0. The molecule has 19 heavy (non-hydrogen) atoms. The molecule has 1 heterocycles. The zero-order valence-electron chi connectivity index (χ0n) is 11.1. The monoisotopic (exact) mass is 252 g/mol. The van der Waals surface area contributed by atoms with E-state index >= 15 is 0 Å². The first kappa shape index (κ1) is 13.2. The largest absolute Gasteiger partial charge is 0.298 e. The van der Waals surface area contributed by atoms with E-state index in [1.165, 1.54) is 5.56 Å². The molecule has 0 atom stereocenters. The smallest absolute Gasteiger partial charge is 0.169 e. The summed E-state index contributed by atoms with van der Waals surface area (Å²) in [4.78, 5) is 10.6. The van der Waals surface area contributed by atoms with Gasteiger partial charge >= 0.3 is 0 Å². The second-order valence-electron chi connectivity index (χ2n) is 4.49. The Labute approximate surface area is 114 Å². The molecule has 0 aliphatic carbocycles. The number of nitrogens with zero attached hydrogens (tertiary/aromatic N) is 1. The summed E-state index contributed by atoms with van der Waals surface area (Å²) in [7, 11) is 0. The molecule has 0 saturated heterocycles.